The molecular formula is C15H15N3O4. The summed E-state index contributed by atoms with van der Waals surface area (Å²) in [7, 11) is 0. The summed E-state index contributed by atoms with van der Waals surface area (Å²) in [6.45, 7) is 0.262. The van der Waals surface area contributed by atoms with Crippen molar-refractivity contribution in [3.63, 3.8) is 0 Å². The van der Waals surface area contributed by atoms with E-state index in [-0.39, 0.29) is 19.6 Å². The first-order valence-corrected chi connectivity index (χ1v) is 6.86. The Labute approximate surface area is 126 Å². The average molecular weight is 301 g/mol. The molecule has 7 heteroatoms. The summed E-state index contributed by atoms with van der Waals surface area (Å²) in [6, 6.07) is 8.31. The highest BCUT2D eigenvalue weighted by atomic mass is 16.6. The molecule has 1 aromatic carbocycles. The van der Waals surface area contributed by atoms with E-state index in [1.807, 2.05) is 30.3 Å². The van der Waals surface area contributed by atoms with Crippen molar-refractivity contribution in [2.75, 3.05) is 0 Å². The molecule has 7 nitrogen and oxygen atoms in total. The summed E-state index contributed by atoms with van der Waals surface area (Å²) in [5.41, 5.74) is 2.41. The van der Waals surface area contributed by atoms with E-state index in [2.05, 4.69) is 10.2 Å². The first kappa shape index (κ1) is 14.1. The molecule has 0 radical (unpaired) electrons. The lowest BCUT2D eigenvalue weighted by molar-refractivity contribution is -0.143. The smallest absolute Gasteiger partial charge is 0.411 e. The molecule has 22 heavy (non-hydrogen) atoms. The predicted molar refractivity (Wildman–Crippen MR) is 75.9 cm³/mol. The number of aliphatic carboxylic acids is 1. The van der Waals surface area contributed by atoms with E-state index in [1.165, 1.54) is 4.90 Å². The Morgan fingerprint density at radius 3 is 2.86 bits per heavy atom. The predicted octanol–water partition coefficient (Wildman–Crippen LogP) is 1.56. The number of nitrogens with zero attached hydrogens (tertiary/aromatic N) is 2. The molecule has 3 rings (SSSR count). The quantitative estimate of drug-likeness (QED) is 0.897. The normalized spacial score (nSPS) is 16.9. The number of hydrogen-bond acceptors (Lipinski definition) is 4. The van der Waals surface area contributed by atoms with Gasteiger partial charge in [-0.25, -0.2) is 9.59 Å². The fourth-order valence-corrected chi connectivity index (χ4v) is 2.46. The van der Waals surface area contributed by atoms with Crippen molar-refractivity contribution >= 4 is 12.1 Å². The van der Waals surface area contributed by atoms with Gasteiger partial charge in [0.05, 0.1) is 18.4 Å². The topological polar surface area (TPSA) is 95.5 Å². The number of fused-ring (bicyclic) bond motifs is 1. The van der Waals surface area contributed by atoms with E-state index in [9.17, 15) is 14.7 Å². The summed E-state index contributed by atoms with van der Waals surface area (Å²) >= 11 is 0. The fraction of sp³-hybridized carbons (Fsp3) is 0.267. The van der Waals surface area contributed by atoms with Crippen LogP contribution in [0.15, 0.2) is 36.5 Å². The Hall–Kier alpha value is -2.83. The Balaban J connectivity index is 1.71. The van der Waals surface area contributed by atoms with E-state index in [0.29, 0.717) is 0 Å². The molecule has 2 heterocycles. The Bertz CT molecular complexity index is 683. The molecule has 0 spiro atoms. The zero-order chi connectivity index (χ0) is 15.5. The molecular weight excluding hydrogens is 286 g/mol. The van der Waals surface area contributed by atoms with Gasteiger partial charge in [0.2, 0.25) is 0 Å². The maximum atomic E-state index is 12.2. The molecule has 0 fully saturated rings. The summed E-state index contributed by atoms with van der Waals surface area (Å²) in [6.07, 6.45) is 1.18. The Kier molecular flexibility index (Phi) is 3.78. The van der Waals surface area contributed by atoms with Crippen LogP contribution < -0.4 is 0 Å². The van der Waals surface area contributed by atoms with Crippen LogP contribution in [0.4, 0.5) is 4.79 Å². The molecule has 2 N–H and O–H groups in total. The van der Waals surface area contributed by atoms with Crippen LogP contribution in [-0.2, 0) is 29.1 Å². The third-order valence-electron chi connectivity index (χ3n) is 3.65. The number of amides is 1. The van der Waals surface area contributed by atoms with Gasteiger partial charge < -0.3 is 9.84 Å². The number of nitrogens with one attached hydrogen (secondary N) is 1. The van der Waals surface area contributed by atoms with Crippen molar-refractivity contribution < 1.29 is 19.4 Å². The van der Waals surface area contributed by atoms with Crippen LogP contribution in [0.3, 0.4) is 0 Å². The molecule has 1 amide bonds. The second-order valence-electron chi connectivity index (χ2n) is 5.10. The lowest BCUT2D eigenvalue weighted by Gasteiger charge is -2.31. The van der Waals surface area contributed by atoms with E-state index in [1.54, 1.807) is 6.20 Å². The summed E-state index contributed by atoms with van der Waals surface area (Å²) < 4.78 is 5.23. The number of ether oxygens (including phenoxy) is 1. The number of H-pyrrole nitrogens is 1. The molecule has 2 aromatic rings. The Morgan fingerprint density at radius 2 is 2.14 bits per heavy atom. The largest absolute Gasteiger partial charge is 0.480 e. The lowest BCUT2D eigenvalue weighted by Crippen LogP contribution is -2.48. The minimum atomic E-state index is -1.05. The lowest BCUT2D eigenvalue weighted by atomic mass is 10.0. The standard InChI is InChI=1S/C15H15N3O4/c19-14(20)13-6-11-7-16-17-12(11)8-18(13)15(21)22-9-10-4-2-1-3-5-10/h1-5,7,13H,6,8-9H2,(H,16,17)(H,19,20). The molecule has 0 saturated heterocycles. The van der Waals surface area contributed by atoms with Gasteiger partial charge in [-0.2, -0.15) is 5.10 Å². The number of carboxylic acids is 1. The molecule has 1 aliphatic heterocycles. The van der Waals surface area contributed by atoms with Crippen molar-refractivity contribution in [2.24, 2.45) is 0 Å². The van der Waals surface area contributed by atoms with Gasteiger partial charge >= 0.3 is 12.1 Å². The molecule has 1 aromatic heterocycles. The van der Waals surface area contributed by atoms with Crippen LogP contribution in [-0.4, -0.2) is 38.3 Å². The third kappa shape index (κ3) is 2.78. The highest BCUT2D eigenvalue weighted by molar-refractivity contribution is 5.81. The van der Waals surface area contributed by atoms with Crippen LogP contribution in [0.5, 0.6) is 0 Å². The van der Waals surface area contributed by atoms with Gasteiger partial charge in [-0.05, 0) is 11.1 Å². The van der Waals surface area contributed by atoms with Crippen LogP contribution >= 0.6 is 0 Å². The van der Waals surface area contributed by atoms with Crippen molar-refractivity contribution in [3.05, 3.63) is 53.3 Å². The van der Waals surface area contributed by atoms with Gasteiger partial charge in [0.15, 0.2) is 0 Å². The number of rotatable bonds is 3. The van der Waals surface area contributed by atoms with E-state index in [0.717, 1.165) is 16.8 Å². The van der Waals surface area contributed by atoms with E-state index >= 15 is 0 Å². The molecule has 1 atom stereocenters. The van der Waals surface area contributed by atoms with Crippen molar-refractivity contribution in [1.82, 2.24) is 15.1 Å². The van der Waals surface area contributed by atoms with Gasteiger partial charge in [-0.15, -0.1) is 0 Å². The molecule has 114 valence electrons. The SMILES string of the molecule is O=C(O)C1Cc2cn[nH]c2CN1C(=O)OCc1ccccc1. The van der Waals surface area contributed by atoms with Crippen molar-refractivity contribution in [2.45, 2.75) is 25.6 Å². The first-order valence-electron chi connectivity index (χ1n) is 6.86. The summed E-state index contributed by atoms with van der Waals surface area (Å²) in [5.74, 6) is -1.05. The van der Waals surface area contributed by atoms with Crippen LogP contribution in [0.1, 0.15) is 16.8 Å². The zero-order valence-corrected chi connectivity index (χ0v) is 11.7. The minimum Gasteiger partial charge on any atom is -0.480 e. The number of aromatic amines is 1. The number of hydrogen-bond donors (Lipinski definition) is 2. The van der Waals surface area contributed by atoms with Crippen LogP contribution in [0.25, 0.3) is 0 Å². The van der Waals surface area contributed by atoms with Gasteiger partial charge in [-0.1, -0.05) is 30.3 Å². The first-order chi connectivity index (χ1) is 10.6. The highest BCUT2D eigenvalue weighted by Crippen LogP contribution is 2.22. The van der Waals surface area contributed by atoms with E-state index in [4.69, 9.17) is 4.74 Å². The third-order valence-corrected chi connectivity index (χ3v) is 3.65. The zero-order valence-electron chi connectivity index (χ0n) is 11.7. The molecule has 1 unspecified atom stereocenters. The fourth-order valence-electron chi connectivity index (χ4n) is 2.46. The maximum absolute atomic E-state index is 12.2. The number of benzene rings is 1. The number of carbonyl (C=O) groups is 2. The molecule has 1 aliphatic rings. The van der Waals surface area contributed by atoms with E-state index < -0.39 is 18.1 Å². The summed E-state index contributed by atoms with van der Waals surface area (Å²) in [4.78, 5) is 24.8. The molecule has 0 bridgehead atoms. The molecule has 0 saturated carbocycles. The van der Waals surface area contributed by atoms with Gasteiger partial charge in [0, 0.05) is 6.42 Å². The second kappa shape index (κ2) is 5.88. The number of carbonyl (C=O) groups excluding carboxylic acids is 1. The number of carboxylic acid groups (broad SMARTS) is 1. The Morgan fingerprint density at radius 1 is 1.36 bits per heavy atom. The van der Waals surface area contributed by atoms with Crippen molar-refractivity contribution in [1.29, 1.82) is 0 Å². The second-order valence-corrected chi connectivity index (χ2v) is 5.10. The minimum absolute atomic E-state index is 0.109. The average Bonchev–Trinajstić information content (AvgIpc) is 2.99. The highest BCUT2D eigenvalue weighted by Gasteiger charge is 2.36. The molecule has 0 aliphatic carbocycles. The monoisotopic (exact) mass is 301 g/mol. The van der Waals surface area contributed by atoms with Crippen LogP contribution in [0.2, 0.25) is 0 Å². The van der Waals surface area contributed by atoms with Crippen molar-refractivity contribution in [3.8, 4) is 0 Å². The maximum Gasteiger partial charge on any atom is 0.411 e. The van der Waals surface area contributed by atoms with Gasteiger partial charge in [0.1, 0.15) is 12.6 Å². The summed E-state index contributed by atoms with van der Waals surface area (Å²) in [5, 5.41) is 16.0. The number of aromatic nitrogens is 2. The van der Waals surface area contributed by atoms with Gasteiger partial charge in [-0.3, -0.25) is 10.00 Å². The van der Waals surface area contributed by atoms with Gasteiger partial charge in [0.25, 0.3) is 0 Å². The van der Waals surface area contributed by atoms with Crippen LogP contribution in [0, 0.1) is 0 Å².